The molecule has 3 aromatic heterocycles. The number of aryl methyl sites for hydroxylation is 2. The van der Waals surface area contributed by atoms with Crippen molar-refractivity contribution >= 4 is 64.2 Å². The number of fused-ring (bicyclic) bond motifs is 6. The minimum Gasteiger partial charge on any atom is -0.455 e. The molecule has 6 rings (SSSR count). The number of nitrogens with zero attached hydrogens (tertiary/aromatic N) is 1. The predicted molar refractivity (Wildman–Crippen MR) is 139 cm³/mol. The van der Waals surface area contributed by atoms with Gasteiger partial charge < -0.3 is 4.42 Å². The Hall–Kier alpha value is -2.69. The van der Waals surface area contributed by atoms with Crippen molar-refractivity contribution in [3.05, 3.63) is 65.7 Å². The number of thiazole rings is 1. The SMILES string of the molecule is [2H]C([2H])(c1cccc2sc3c(sc(-c4c(C)ccc5c4oc4ccccc45)[n+]3C)c12)C(C)(C)C. The first-order chi connectivity index (χ1) is 16.1. The second-order valence-electron chi connectivity index (χ2n) is 9.49. The van der Waals surface area contributed by atoms with E-state index < -0.39 is 11.8 Å². The lowest BCUT2D eigenvalue weighted by Gasteiger charge is -2.18. The summed E-state index contributed by atoms with van der Waals surface area (Å²) in [5.74, 6) is 0. The van der Waals surface area contributed by atoms with Gasteiger partial charge in [-0.3, -0.25) is 0 Å². The van der Waals surface area contributed by atoms with Crippen LogP contribution in [-0.4, -0.2) is 0 Å². The molecule has 4 heteroatoms. The number of hydrogen-bond acceptors (Lipinski definition) is 3. The predicted octanol–water partition coefficient (Wildman–Crippen LogP) is 8.40. The summed E-state index contributed by atoms with van der Waals surface area (Å²) in [6, 6.07) is 18.6. The number of benzene rings is 3. The van der Waals surface area contributed by atoms with Crippen molar-refractivity contribution < 1.29 is 11.7 Å². The Kier molecular flexibility index (Phi) is 3.84. The quantitative estimate of drug-likeness (QED) is 0.238. The highest BCUT2D eigenvalue weighted by Gasteiger charge is 2.29. The standard InChI is InChI=1S/C28H26NOS2/c1-16-13-14-19-18-10-6-7-11-20(18)30-24(19)22(16)26-29(5)27-25(32-26)23-17(15-28(2,3)4)9-8-12-21(23)31-27/h6-14H,15H2,1-5H3/q+1/i15D2. The molecule has 160 valence electrons. The van der Waals surface area contributed by atoms with E-state index in [2.05, 4.69) is 48.9 Å². The zero-order valence-electron chi connectivity index (χ0n) is 20.9. The van der Waals surface area contributed by atoms with Crippen LogP contribution in [0.5, 0.6) is 0 Å². The Labute approximate surface area is 198 Å². The molecule has 0 bridgehead atoms. The molecular formula is C28H26NOS2+. The third-order valence-electron chi connectivity index (χ3n) is 5.94. The average molecular weight is 459 g/mol. The van der Waals surface area contributed by atoms with Gasteiger partial charge in [0, 0.05) is 23.6 Å². The molecule has 0 amide bonds. The molecule has 3 aromatic carbocycles. The lowest BCUT2D eigenvalue weighted by molar-refractivity contribution is -0.627. The highest BCUT2D eigenvalue weighted by molar-refractivity contribution is 7.32. The van der Waals surface area contributed by atoms with Crippen LogP contribution in [0.2, 0.25) is 0 Å². The van der Waals surface area contributed by atoms with Crippen LogP contribution in [0.1, 0.15) is 34.6 Å². The lowest BCUT2D eigenvalue weighted by atomic mass is 9.87. The lowest BCUT2D eigenvalue weighted by Crippen LogP contribution is -2.27. The van der Waals surface area contributed by atoms with Crippen LogP contribution in [0.3, 0.4) is 0 Å². The normalized spacial score (nSPS) is 14.0. The zero-order chi connectivity index (χ0) is 24.0. The summed E-state index contributed by atoms with van der Waals surface area (Å²) < 4.78 is 28.9. The Morgan fingerprint density at radius 1 is 0.969 bits per heavy atom. The molecule has 0 atom stereocenters. The number of furan rings is 1. The first kappa shape index (κ1) is 17.8. The second kappa shape index (κ2) is 6.90. The fraction of sp³-hybridized carbons (Fsp3) is 0.250. The minimum atomic E-state index is -1.46. The fourth-order valence-electron chi connectivity index (χ4n) is 4.56. The van der Waals surface area contributed by atoms with Crippen LogP contribution in [-0.2, 0) is 13.4 Å². The van der Waals surface area contributed by atoms with E-state index in [-0.39, 0.29) is 0 Å². The first-order valence-electron chi connectivity index (χ1n) is 11.9. The number of thiophene rings is 1. The van der Waals surface area contributed by atoms with Crippen LogP contribution in [0.25, 0.3) is 52.1 Å². The summed E-state index contributed by atoms with van der Waals surface area (Å²) >= 11 is 3.48. The molecule has 3 heterocycles. The summed E-state index contributed by atoms with van der Waals surface area (Å²) in [6.07, 6.45) is -1.46. The largest absolute Gasteiger partial charge is 0.455 e. The molecule has 6 aromatic rings. The van der Waals surface area contributed by atoms with Crippen LogP contribution >= 0.6 is 22.7 Å². The summed E-state index contributed by atoms with van der Waals surface area (Å²) in [5.41, 5.74) is 4.36. The van der Waals surface area contributed by atoms with E-state index >= 15 is 0 Å². The van der Waals surface area contributed by atoms with Crippen LogP contribution in [0, 0.1) is 12.3 Å². The molecule has 0 aliphatic heterocycles. The van der Waals surface area contributed by atoms with E-state index in [9.17, 15) is 0 Å². The molecule has 0 aliphatic rings. The van der Waals surface area contributed by atoms with Crippen molar-refractivity contribution in [3.8, 4) is 10.6 Å². The van der Waals surface area contributed by atoms with Crippen molar-refractivity contribution in [2.45, 2.75) is 34.1 Å². The molecular weight excluding hydrogens is 430 g/mol. The van der Waals surface area contributed by atoms with Gasteiger partial charge in [-0.15, -0.1) is 0 Å². The number of hydrogen-bond donors (Lipinski definition) is 0. The van der Waals surface area contributed by atoms with Crippen LogP contribution in [0.15, 0.2) is 59.0 Å². The molecule has 0 saturated heterocycles. The molecule has 2 nitrogen and oxygen atoms in total. The zero-order valence-corrected chi connectivity index (χ0v) is 20.5. The molecule has 0 N–H and O–H groups in total. The molecule has 0 spiro atoms. The van der Waals surface area contributed by atoms with E-state index in [0.717, 1.165) is 52.9 Å². The van der Waals surface area contributed by atoms with Gasteiger partial charge in [0.2, 0.25) is 0 Å². The smallest absolute Gasteiger partial charge is 0.281 e. The third-order valence-corrected chi connectivity index (χ3v) is 8.57. The van der Waals surface area contributed by atoms with Gasteiger partial charge in [0.15, 0.2) is 5.58 Å². The van der Waals surface area contributed by atoms with E-state index in [1.807, 2.05) is 45.0 Å². The van der Waals surface area contributed by atoms with Crippen LogP contribution < -0.4 is 4.57 Å². The maximum atomic E-state index is 9.00. The highest BCUT2D eigenvalue weighted by atomic mass is 32.1. The number of para-hydroxylation sites is 1. The maximum absolute atomic E-state index is 9.00. The third kappa shape index (κ3) is 2.93. The van der Waals surface area contributed by atoms with Gasteiger partial charge in [-0.1, -0.05) is 85.9 Å². The molecule has 0 radical (unpaired) electrons. The van der Waals surface area contributed by atoms with Crippen molar-refractivity contribution in [1.82, 2.24) is 0 Å². The summed E-state index contributed by atoms with van der Waals surface area (Å²) in [4.78, 5) is 1.17. The van der Waals surface area contributed by atoms with Gasteiger partial charge in [0.05, 0.1) is 0 Å². The monoisotopic (exact) mass is 458 g/mol. The maximum Gasteiger partial charge on any atom is 0.281 e. The van der Waals surface area contributed by atoms with Crippen molar-refractivity contribution in [1.29, 1.82) is 0 Å². The van der Waals surface area contributed by atoms with Gasteiger partial charge in [-0.25, -0.2) is 0 Å². The van der Waals surface area contributed by atoms with Crippen molar-refractivity contribution in [2.75, 3.05) is 0 Å². The summed E-state index contributed by atoms with van der Waals surface area (Å²) in [7, 11) is 2.11. The summed E-state index contributed by atoms with van der Waals surface area (Å²) in [6.45, 7) is 8.06. The van der Waals surface area contributed by atoms with Gasteiger partial charge in [0.25, 0.3) is 9.84 Å². The molecule has 0 saturated carbocycles. The summed E-state index contributed by atoms with van der Waals surface area (Å²) in [5, 5.41) is 4.44. The Bertz CT molecular complexity index is 1750. The van der Waals surface area contributed by atoms with E-state index in [1.54, 1.807) is 22.7 Å². The Balaban J connectivity index is 1.69. The average Bonchev–Trinajstić information content (AvgIpc) is 3.43. The number of rotatable bonds is 2. The van der Waals surface area contributed by atoms with Gasteiger partial charge >= 0.3 is 0 Å². The highest BCUT2D eigenvalue weighted by Crippen LogP contribution is 2.44. The Morgan fingerprint density at radius 2 is 1.78 bits per heavy atom. The van der Waals surface area contributed by atoms with Crippen molar-refractivity contribution in [3.63, 3.8) is 0 Å². The minimum absolute atomic E-state index is 0.520. The van der Waals surface area contributed by atoms with Gasteiger partial charge in [-0.2, -0.15) is 4.57 Å². The van der Waals surface area contributed by atoms with Gasteiger partial charge in [0.1, 0.15) is 22.9 Å². The molecule has 32 heavy (non-hydrogen) atoms. The van der Waals surface area contributed by atoms with Crippen molar-refractivity contribution in [2.24, 2.45) is 12.5 Å². The fourth-order valence-corrected chi connectivity index (χ4v) is 7.35. The van der Waals surface area contributed by atoms with Crippen LogP contribution in [0.4, 0.5) is 0 Å². The van der Waals surface area contributed by atoms with E-state index in [4.69, 9.17) is 7.16 Å². The topological polar surface area (TPSA) is 17.0 Å². The van der Waals surface area contributed by atoms with Gasteiger partial charge in [-0.05, 0) is 42.0 Å². The second-order valence-corrected chi connectivity index (χ2v) is 11.5. The first-order valence-corrected chi connectivity index (χ1v) is 12.5. The molecule has 0 aliphatic carbocycles. The Morgan fingerprint density at radius 3 is 2.59 bits per heavy atom. The molecule has 0 unspecified atom stereocenters. The van der Waals surface area contributed by atoms with E-state index in [1.165, 1.54) is 10.4 Å². The van der Waals surface area contributed by atoms with E-state index in [0.29, 0.717) is 0 Å². The number of aromatic nitrogens is 1. The molecule has 0 fully saturated rings.